The number of rotatable bonds is 3. The second kappa shape index (κ2) is 6.65. The van der Waals surface area contributed by atoms with Crippen LogP contribution in [0.3, 0.4) is 0 Å². The van der Waals surface area contributed by atoms with Crippen LogP contribution in [0.25, 0.3) is 11.0 Å². The van der Waals surface area contributed by atoms with Crippen molar-refractivity contribution >= 4 is 32.9 Å². The largest absolute Gasteiger partial charge is 0.457 e. The minimum absolute atomic E-state index is 0.0519. The third-order valence-corrected chi connectivity index (χ3v) is 4.42. The molecule has 0 N–H and O–H groups in total. The van der Waals surface area contributed by atoms with Crippen molar-refractivity contribution in [1.82, 2.24) is 9.97 Å². The summed E-state index contributed by atoms with van der Waals surface area (Å²) in [7, 11) is 0. The van der Waals surface area contributed by atoms with Gasteiger partial charge >= 0.3 is 5.97 Å². The molecule has 0 spiro atoms. The first-order chi connectivity index (χ1) is 11.4. The highest BCUT2D eigenvalue weighted by Crippen LogP contribution is 2.20. The number of aromatic nitrogens is 2. The molecule has 0 saturated carbocycles. The molecule has 0 amide bonds. The van der Waals surface area contributed by atoms with Gasteiger partial charge < -0.3 is 4.74 Å². The summed E-state index contributed by atoms with van der Waals surface area (Å²) in [5.41, 5.74) is 4.16. The van der Waals surface area contributed by atoms with Crippen molar-refractivity contribution in [2.45, 2.75) is 20.5 Å². The Balaban J connectivity index is 1.79. The molecule has 0 unspecified atom stereocenters. The maximum Gasteiger partial charge on any atom is 0.338 e. The number of benzene rings is 2. The van der Waals surface area contributed by atoms with Crippen LogP contribution in [0.5, 0.6) is 0 Å². The molecule has 122 valence electrons. The first-order valence-corrected chi connectivity index (χ1v) is 8.09. The van der Waals surface area contributed by atoms with E-state index in [1.165, 1.54) is 12.1 Å². The van der Waals surface area contributed by atoms with E-state index in [2.05, 4.69) is 25.9 Å². The monoisotopic (exact) mass is 388 g/mol. The van der Waals surface area contributed by atoms with Crippen molar-refractivity contribution in [3.8, 4) is 0 Å². The van der Waals surface area contributed by atoms with Gasteiger partial charge in [0.25, 0.3) is 0 Å². The lowest BCUT2D eigenvalue weighted by atomic mass is 10.2. The van der Waals surface area contributed by atoms with Crippen LogP contribution < -0.4 is 0 Å². The predicted octanol–water partition coefficient (Wildman–Crippen LogP) is 4.51. The first kappa shape index (κ1) is 16.5. The third-order valence-electron chi connectivity index (χ3n) is 3.68. The normalized spacial score (nSPS) is 10.8. The molecular weight excluding hydrogens is 375 g/mol. The Morgan fingerprint density at radius 1 is 1.08 bits per heavy atom. The average molecular weight is 389 g/mol. The number of carbonyl (C=O) groups is 1. The zero-order valence-electron chi connectivity index (χ0n) is 13.1. The van der Waals surface area contributed by atoms with Gasteiger partial charge in [-0.25, -0.2) is 19.2 Å². The highest BCUT2D eigenvalue weighted by molar-refractivity contribution is 9.10. The van der Waals surface area contributed by atoms with Gasteiger partial charge in [-0.15, -0.1) is 0 Å². The highest BCUT2D eigenvalue weighted by atomic mass is 79.9. The summed E-state index contributed by atoms with van der Waals surface area (Å²) >= 11 is 3.25. The van der Waals surface area contributed by atoms with Crippen molar-refractivity contribution in [3.05, 3.63) is 69.2 Å². The van der Waals surface area contributed by atoms with Crippen LogP contribution in [0.1, 0.15) is 27.3 Å². The van der Waals surface area contributed by atoms with Crippen LogP contribution in [0.4, 0.5) is 4.39 Å². The molecule has 2 aromatic carbocycles. The Labute approximate surface area is 146 Å². The Bertz CT molecular complexity index is 944. The summed E-state index contributed by atoms with van der Waals surface area (Å²) in [5, 5.41) is 0. The van der Waals surface area contributed by atoms with Crippen LogP contribution in [-0.4, -0.2) is 15.9 Å². The second-order valence-corrected chi connectivity index (χ2v) is 6.26. The molecular formula is C18H14BrFN2O2. The van der Waals surface area contributed by atoms with Crippen LogP contribution >= 0.6 is 15.9 Å². The number of hydrogen-bond donors (Lipinski definition) is 0. The lowest BCUT2D eigenvalue weighted by Crippen LogP contribution is -2.06. The van der Waals surface area contributed by atoms with Gasteiger partial charge in [-0.1, -0.05) is 22.0 Å². The van der Waals surface area contributed by atoms with E-state index in [0.717, 1.165) is 16.9 Å². The number of nitrogens with zero attached hydrogens (tertiary/aromatic N) is 2. The minimum atomic E-state index is -0.465. The van der Waals surface area contributed by atoms with E-state index in [1.54, 1.807) is 24.3 Å². The SMILES string of the molecule is Cc1nc2ccc(C(=O)OCc3ccc(F)cc3Br)cc2nc1C. The van der Waals surface area contributed by atoms with Crippen LogP contribution in [-0.2, 0) is 11.3 Å². The van der Waals surface area contributed by atoms with E-state index < -0.39 is 5.97 Å². The molecule has 24 heavy (non-hydrogen) atoms. The maximum absolute atomic E-state index is 13.1. The van der Waals surface area contributed by atoms with Gasteiger partial charge in [-0.2, -0.15) is 0 Å². The van der Waals surface area contributed by atoms with E-state index in [-0.39, 0.29) is 12.4 Å². The lowest BCUT2D eigenvalue weighted by Gasteiger charge is -2.08. The topological polar surface area (TPSA) is 52.1 Å². The summed E-state index contributed by atoms with van der Waals surface area (Å²) < 4.78 is 18.9. The average Bonchev–Trinajstić information content (AvgIpc) is 2.54. The predicted molar refractivity (Wildman–Crippen MR) is 92.2 cm³/mol. The fourth-order valence-electron chi connectivity index (χ4n) is 2.22. The van der Waals surface area contributed by atoms with Gasteiger partial charge in [0.1, 0.15) is 12.4 Å². The third kappa shape index (κ3) is 3.43. The maximum atomic E-state index is 13.1. The van der Waals surface area contributed by atoms with Gasteiger partial charge in [-0.05, 0) is 44.2 Å². The van der Waals surface area contributed by atoms with Crippen LogP contribution in [0, 0.1) is 19.7 Å². The number of fused-ring (bicyclic) bond motifs is 1. The molecule has 0 aliphatic rings. The smallest absolute Gasteiger partial charge is 0.338 e. The Morgan fingerprint density at radius 3 is 2.50 bits per heavy atom. The molecule has 0 fully saturated rings. The molecule has 4 nitrogen and oxygen atoms in total. The van der Waals surface area contributed by atoms with Crippen molar-refractivity contribution in [2.24, 2.45) is 0 Å². The molecule has 3 rings (SSSR count). The first-order valence-electron chi connectivity index (χ1n) is 7.30. The Hall–Kier alpha value is -2.34. The number of esters is 1. The van der Waals surface area contributed by atoms with Crippen molar-refractivity contribution < 1.29 is 13.9 Å². The molecule has 0 radical (unpaired) electrons. The van der Waals surface area contributed by atoms with Crippen LogP contribution in [0.15, 0.2) is 40.9 Å². The summed E-state index contributed by atoms with van der Waals surface area (Å²) in [6.07, 6.45) is 0. The molecule has 0 atom stereocenters. The Kier molecular flexibility index (Phi) is 4.57. The molecule has 3 aromatic rings. The molecule has 0 saturated heterocycles. The van der Waals surface area contributed by atoms with E-state index >= 15 is 0 Å². The molecule has 1 heterocycles. The standard InChI is InChI=1S/C18H14BrFN2O2/c1-10-11(2)22-17-7-12(4-6-16(17)21-10)18(23)24-9-13-3-5-14(20)8-15(13)19/h3-8H,9H2,1-2H3. The van der Waals surface area contributed by atoms with Gasteiger partial charge in [-0.3, -0.25) is 0 Å². The van der Waals surface area contributed by atoms with Gasteiger partial charge in [0, 0.05) is 10.0 Å². The molecule has 6 heteroatoms. The minimum Gasteiger partial charge on any atom is -0.457 e. The van der Waals surface area contributed by atoms with Crippen molar-refractivity contribution in [2.75, 3.05) is 0 Å². The quantitative estimate of drug-likeness (QED) is 0.619. The van der Waals surface area contributed by atoms with E-state index in [0.29, 0.717) is 21.1 Å². The van der Waals surface area contributed by atoms with E-state index in [4.69, 9.17) is 4.74 Å². The molecule has 0 bridgehead atoms. The number of aryl methyl sites for hydroxylation is 2. The highest BCUT2D eigenvalue weighted by Gasteiger charge is 2.11. The number of hydrogen-bond acceptors (Lipinski definition) is 4. The van der Waals surface area contributed by atoms with Gasteiger partial charge in [0.15, 0.2) is 0 Å². The number of ether oxygens (including phenoxy) is 1. The Morgan fingerprint density at radius 2 is 1.79 bits per heavy atom. The fourth-order valence-corrected chi connectivity index (χ4v) is 2.69. The van der Waals surface area contributed by atoms with Gasteiger partial charge in [0.05, 0.1) is 28.0 Å². The van der Waals surface area contributed by atoms with Crippen molar-refractivity contribution in [3.63, 3.8) is 0 Å². The molecule has 0 aliphatic carbocycles. The van der Waals surface area contributed by atoms with E-state index in [1.807, 2.05) is 13.8 Å². The number of halogens is 2. The summed E-state index contributed by atoms with van der Waals surface area (Å²) in [6.45, 7) is 3.82. The van der Waals surface area contributed by atoms with Gasteiger partial charge in [0.2, 0.25) is 0 Å². The fraction of sp³-hybridized carbons (Fsp3) is 0.167. The zero-order valence-corrected chi connectivity index (χ0v) is 14.7. The number of carbonyl (C=O) groups excluding carboxylic acids is 1. The van der Waals surface area contributed by atoms with Crippen molar-refractivity contribution in [1.29, 1.82) is 0 Å². The molecule has 0 aliphatic heterocycles. The summed E-state index contributed by atoms with van der Waals surface area (Å²) in [5.74, 6) is -0.816. The van der Waals surface area contributed by atoms with Crippen LogP contribution in [0.2, 0.25) is 0 Å². The summed E-state index contributed by atoms with van der Waals surface area (Å²) in [6, 6.07) is 9.30. The summed E-state index contributed by atoms with van der Waals surface area (Å²) in [4.78, 5) is 21.1. The lowest BCUT2D eigenvalue weighted by molar-refractivity contribution is 0.0472. The zero-order chi connectivity index (χ0) is 17.3. The molecule has 1 aromatic heterocycles. The second-order valence-electron chi connectivity index (χ2n) is 5.41. The van der Waals surface area contributed by atoms with E-state index in [9.17, 15) is 9.18 Å².